The average Bonchev–Trinajstić information content (AvgIpc) is 2.83. The smallest absolute Gasteiger partial charge is 0.0774 e. The molecule has 0 bridgehead atoms. The largest absolute Gasteiger partial charge is 0.389 e. The van der Waals surface area contributed by atoms with Gasteiger partial charge in [-0.15, -0.1) is 0 Å². The SMILES string of the molecule is CN1CCCC(O)(CCC2CC2)C1. The first-order valence-electron chi connectivity index (χ1n) is 5.59. The number of likely N-dealkylation sites (tertiary alicyclic amines) is 1. The molecule has 2 aliphatic rings. The van der Waals surface area contributed by atoms with E-state index in [-0.39, 0.29) is 5.60 Å². The van der Waals surface area contributed by atoms with Gasteiger partial charge in [-0.2, -0.15) is 0 Å². The molecule has 76 valence electrons. The third-order valence-corrected chi connectivity index (χ3v) is 3.46. The van der Waals surface area contributed by atoms with Gasteiger partial charge in [0.15, 0.2) is 0 Å². The number of rotatable bonds is 3. The zero-order chi connectivity index (χ0) is 9.31. The van der Waals surface area contributed by atoms with Gasteiger partial charge in [0, 0.05) is 6.54 Å². The van der Waals surface area contributed by atoms with Crippen LogP contribution in [0.25, 0.3) is 0 Å². The summed E-state index contributed by atoms with van der Waals surface area (Å²) in [5, 5.41) is 10.3. The van der Waals surface area contributed by atoms with Crippen molar-refractivity contribution < 1.29 is 5.11 Å². The van der Waals surface area contributed by atoms with E-state index in [1.807, 2.05) is 0 Å². The van der Waals surface area contributed by atoms with E-state index in [0.717, 1.165) is 38.3 Å². The Morgan fingerprint density at radius 2 is 2.23 bits per heavy atom. The Morgan fingerprint density at radius 3 is 2.85 bits per heavy atom. The Bertz CT molecular complexity index is 179. The maximum absolute atomic E-state index is 10.3. The summed E-state index contributed by atoms with van der Waals surface area (Å²) in [7, 11) is 2.11. The molecular weight excluding hydrogens is 162 g/mol. The van der Waals surface area contributed by atoms with Gasteiger partial charge in [-0.05, 0) is 45.2 Å². The highest BCUT2D eigenvalue weighted by atomic mass is 16.3. The van der Waals surface area contributed by atoms with Crippen LogP contribution in [0.3, 0.4) is 0 Å². The molecule has 1 N–H and O–H groups in total. The lowest BCUT2D eigenvalue weighted by Crippen LogP contribution is -2.46. The van der Waals surface area contributed by atoms with Crippen molar-refractivity contribution in [2.24, 2.45) is 5.92 Å². The minimum atomic E-state index is -0.352. The first-order valence-corrected chi connectivity index (χ1v) is 5.59. The van der Waals surface area contributed by atoms with Gasteiger partial charge in [-0.1, -0.05) is 12.8 Å². The number of β-amino-alcohol motifs (C(OH)–C–C–N with tert-alkyl or cyclic N) is 1. The molecule has 1 aliphatic heterocycles. The quantitative estimate of drug-likeness (QED) is 0.719. The Kier molecular flexibility index (Phi) is 2.61. The summed E-state index contributed by atoms with van der Waals surface area (Å²) in [4.78, 5) is 2.26. The maximum Gasteiger partial charge on any atom is 0.0774 e. The van der Waals surface area contributed by atoms with Gasteiger partial charge >= 0.3 is 0 Å². The van der Waals surface area contributed by atoms with Crippen LogP contribution in [0.4, 0.5) is 0 Å². The third-order valence-electron chi connectivity index (χ3n) is 3.46. The fourth-order valence-electron chi connectivity index (χ4n) is 2.42. The van der Waals surface area contributed by atoms with Gasteiger partial charge in [0.1, 0.15) is 0 Å². The van der Waals surface area contributed by atoms with Crippen molar-refractivity contribution in [3.63, 3.8) is 0 Å². The minimum absolute atomic E-state index is 0.352. The molecule has 0 aromatic rings. The van der Waals surface area contributed by atoms with Crippen LogP contribution >= 0.6 is 0 Å². The van der Waals surface area contributed by atoms with Crippen LogP contribution in [0.15, 0.2) is 0 Å². The fraction of sp³-hybridized carbons (Fsp3) is 1.00. The second-order valence-corrected chi connectivity index (χ2v) is 5.05. The molecule has 2 nitrogen and oxygen atoms in total. The lowest BCUT2D eigenvalue weighted by atomic mass is 9.88. The molecule has 1 atom stereocenters. The van der Waals surface area contributed by atoms with Crippen molar-refractivity contribution in [1.29, 1.82) is 0 Å². The first kappa shape index (κ1) is 9.47. The van der Waals surface area contributed by atoms with Crippen molar-refractivity contribution in [1.82, 2.24) is 4.90 Å². The Hall–Kier alpha value is -0.0800. The normalized spacial score (nSPS) is 36.5. The van der Waals surface area contributed by atoms with E-state index in [0.29, 0.717) is 0 Å². The minimum Gasteiger partial charge on any atom is -0.389 e. The molecule has 2 fully saturated rings. The van der Waals surface area contributed by atoms with Crippen LogP contribution in [0, 0.1) is 5.92 Å². The average molecular weight is 183 g/mol. The summed E-state index contributed by atoms with van der Waals surface area (Å²) in [6, 6.07) is 0. The van der Waals surface area contributed by atoms with Crippen molar-refractivity contribution in [2.75, 3.05) is 20.1 Å². The summed E-state index contributed by atoms with van der Waals surface area (Å²) in [6.07, 6.45) is 7.28. The zero-order valence-corrected chi connectivity index (χ0v) is 8.63. The maximum atomic E-state index is 10.3. The monoisotopic (exact) mass is 183 g/mol. The molecule has 2 rings (SSSR count). The fourth-order valence-corrected chi connectivity index (χ4v) is 2.42. The van der Waals surface area contributed by atoms with Crippen molar-refractivity contribution >= 4 is 0 Å². The van der Waals surface area contributed by atoms with E-state index in [9.17, 15) is 5.11 Å². The third kappa shape index (κ3) is 2.68. The summed E-state index contributed by atoms with van der Waals surface area (Å²) < 4.78 is 0. The lowest BCUT2D eigenvalue weighted by molar-refractivity contribution is -0.0317. The number of likely N-dealkylation sites (N-methyl/N-ethyl adjacent to an activating group) is 1. The van der Waals surface area contributed by atoms with Crippen molar-refractivity contribution in [2.45, 2.75) is 44.1 Å². The van der Waals surface area contributed by atoms with Gasteiger partial charge in [0.2, 0.25) is 0 Å². The van der Waals surface area contributed by atoms with Crippen molar-refractivity contribution in [3.05, 3.63) is 0 Å². The van der Waals surface area contributed by atoms with E-state index < -0.39 is 0 Å². The summed E-state index contributed by atoms with van der Waals surface area (Å²) in [6.45, 7) is 2.05. The highest BCUT2D eigenvalue weighted by Gasteiger charge is 2.33. The Labute approximate surface area is 80.9 Å². The summed E-state index contributed by atoms with van der Waals surface area (Å²) in [5.74, 6) is 0.955. The molecule has 1 unspecified atom stereocenters. The molecule has 1 heterocycles. The van der Waals surface area contributed by atoms with Gasteiger partial charge in [-0.25, -0.2) is 0 Å². The number of piperidine rings is 1. The molecule has 0 aromatic carbocycles. The molecule has 1 saturated carbocycles. The van der Waals surface area contributed by atoms with E-state index in [1.165, 1.54) is 19.3 Å². The Morgan fingerprint density at radius 1 is 1.46 bits per heavy atom. The second-order valence-electron chi connectivity index (χ2n) is 5.05. The van der Waals surface area contributed by atoms with Gasteiger partial charge in [0.05, 0.1) is 5.60 Å². The lowest BCUT2D eigenvalue weighted by Gasteiger charge is -2.37. The Balaban J connectivity index is 1.78. The van der Waals surface area contributed by atoms with Crippen LogP contribution in [0.2, 0.25) is 0 Å². The number of hydrogen-bond donors (Lipinski definition) is 1. The van der Waals surface area contributed by atoms with Crippen LogP contribution in [-0.2, 0) is 0 Å². The van der Waals surface area contributed by atoms with Crippen molar-refractivity contribution in [3.8, 4) is 0 Å². The molecule has 1 aliphatic carbocycles. The number of hydrogen-bond acceptors (Lipinski definition) is 2. The van der Waals surface area contributed by atoms with Crippen LogP contribution < -0.4 is 0 Å². The van der Waals surface area contributed by atoms with E-state index in [4.69, 9.17) is 0 Å². The second kappa shape index (κ2) is 3.58. The van der Waals surface area contributed by atoms with E-state index in [2.05, 4.69) is 11.9 Å². The molecule has 13 heavy (non-hydrogen) atoms. The molecule has 0 amide bonds. The molecular formula is C11H21NO. The predicted molar refractivity (Wildman–Crippen MR) is 53.6 cm³/mol. The number of nitrogens with zero attached hydrogens (tertiary/aromatic N) is 1. The summed E-state index contributed by atoms with van der Waals surface area (Å²) >= 11 is 0. The first-order chi connectivity index (χ1) is 6.18. The van der Waals surface area contributed by atoms with Gasteiger partial charge < -0.3 is 10.0 Å². The van der Waals surface area contributed by atoms with E-state index in [1.54, 1.807) is 0 Å². The van der Waals surface area contributed by atoms with Gasteiger partial charge in [-0.3, -0.25) is 0 Å². The highest BCUT2D eigenvalue weighted by Crippen LogP contribution is 2.37. The summed E-state index contributed by atoms with van der Waals surface area (Å²) in [5.41, 5.74) is -0.352. The van der Waals surface area contributed by atoms with Crippen LogP contribution in [0.5, 0.6) is 0 Å². The topological polar surface area (TPSA) is 23.5 Å². The molecule has 0 spiro atoms. The van der Waals surface area contributed by atoms with Crippen LogP contribution in [-0.4, -0.2) is 35.7 Å². The number of aliphatic hydroxyl groups is 1. The molecule has 0 radical (unpaired) electrons. The standard InChI is InChI=1S/C11H21NO/c1-12-8-2-6-11(13,9-12)7-5-10-3-4-10/h10,13H,2-9H2,1H3. The molecule has 1 saturated heterocycles. The molecule has 0 aromatic heterocycles. The highest BCUT2D eigenvalue weighted by molar-refractivity contribution is 4.88. The van der Waals surface area contributed by atoms with E-state index >= 15 is 0 Å². The molecule has 2 heteroatoms. The predicted octanol–water partition coefficient (Wildman–Crippen LogP) is 1.63. The zero-order valence-electron chi connectivity index (χ0n) is 8.63. The van der Waals surface area contributed by atoms with Crippen LogP contribution in [0.1, 0.15) is 38.5 Å². The van der Waals surface area contributed by atoms with Gasteiger partial charge in [0.25, 0.3) is 0 Å².